The van der Waals surface area contributed by atoms with E-state index >= 15 is 0 Å². The van der Waals surface area contributed by atoms with Crippen molar-refractivity contribution in [3.63, 3.8) is 0 Å². The third kappa shape index (κ3) is 3.99. The Labute approximate surface area is 154 Å². The minimum Gasteiger partial charge on any atom is -0.352 e. The van der Waals surface area contributed by atoms with Gasteiger partial charge < -0.3 is 9.84 Å². The van der Waals surface area contributed by atoms with Crippen LogP contribution in [0.15, 0.2) is 28.8 Å². The molecule has 0 saturated heterocycles. The second kappa shape index (κ2) is 6.65. The summed E-state index contributed by atoms with van der Waals surface area (Å²) in [5.41, 5.74) is 1.61. The molecule has 0 aliphatic heterocycles. The smallest absolute Gasteiger partial charge is 0.352 e. The number of hydrogen-bond acceptors (Lipinski definition) is 4. The third-order valence-electron chi connectivity index (χ3n) is 5.57. The molecule has 5 nitrogen and oxygen atoms in total. The minimum absolute atomic E-state index is 0.0366. The zero-order chi connectivity index (χ0) is 19.1. The van der Waals surface area contributed by atoms with Crippen LogP contribution in [0.4, 0.5) is 13.2 Å². The van der Waals surface area contributed by atoms with E-state index in [9.17, 15) is 18.0 Å². The van der Waals surface area contributed by atoms with Crippen molar-refractivity contribution in [1.29, 1.82) is 0 Å². The fraction of sp³-hybridized carbons (Fsp3) is 0.526. The van der Waals surface area contributed by atoms with Crippen LogP contribution in [0.3, 0.4) is 0 Å². The van der Waals surface area contributed by atoms with E-state index < -0.39 is 18.4 Å². The van der Waals surface area contributed by atoms with Gasteiger partial charge in [-0.3, -0.25) is 4.79 Å². The molecular weight excluding hydrogens is 359 g/mol. The molecule has 1 amide bonds. The molecule has 1 unspecified atom stereocenters. The SMILES string of the molecule is O=C(NCc1cccc(-c2nc(CC(F)(F)F)no2)c1)C1CC12CCCC2. The molecule has 1 aromatic carbocycles. The lowest BCUT2D eigenvalue weighted by Gasteiger charge is -2.09. The predicted molar refractivity (Wildman–Crippen MR) is 90.3 cm³/mol. The molecule has 1 atom stereocenters. The van der Waals surface area contributed by atoms with Crippen LogP contribution < -0.4 is 5.32 Å². The van der Waals surface area contributed by atoms with Crippen molar-refractivity contribution in [1.82, 2.24) is 15.5 Å². The molecule has 1 spiro atoms. The van der Waals surface area contributed by atoms with Gasteiger partial charge in [-0.25, -0.2) is 0 Å². The van der Waals surface area contributed by atoms with E-state index in [0.717, 1.165) is 24.8 Å². The molecule has 144 valence electrons. The zero-order valence-corrected chi connectivity index (χ0v) is 14.7. The molecule has 2 aliphatic carbocycles. The molecule has 1 heterocycles. The van der Waals surface area contributed by atoms with Crippen molar-refractivity contribution >= 4 is 5.91 Å². The summed E-state index contributed by atoms with van der Waals surface area (Å²) in [6.45, 7) is 0.364. The highest BCUT2D eigenvalue weighted by Gasteiger charge is 2.58. The molecule has 2 saturated carbocycles. The van der Waals surface area contributed by atoms with Gasteiger partial charge in [0, 0.05) is 18.0 Å². The monoisotopic (exact) mass is 379 g/mol. The molecule has 2 aromatic rings. The first-order valence-corrected chi connectivity index (χ1v) is 9.11. The molecule has 0 radical (unpaired) electrons. The second-order valence-electron chi connectivity index (χ2n) is 7.55. The van der Waals surface area contributed by atoms with E-state index in [2.05, 4.69) is 15.5 Å². The van der Waals surface area contributed by atoms with E-state index in [4.69, 9.17) is 4.52 Å². The highest BCUT2D eigenvalue weighted by Crippen LogP contribution is 2.62. The van der Waals surface area contributed by atoms with Crippen LogP contribution in [-0.2, 0) is 17.8 Å². The first-order chi connectivity index (χ1) is 12.8. The Balaban J connectivity index is 1.37. The van der Waals surface area contributed by atoms with Crippen LogP contribution in [0.25, 0.3) is 11.5 Å². The number of aromatic nitrogens is 2. The first-order valence-electron chi connectivity index (χ1n) is 9.11. The number of hydrogen-bond donors (Lipinski definition) is 1. The first kappa shape index (κ1) is 18.0. The average Bonchev–Trinajstić information content (AvgIpc) is 2.94. The van der Waals surface area contributed by atoms with Gasteiger partial charge in [0.15, 0.2) is 5.82 Å². The summed E-state index contributed by atoms with van der Waals surface area (Å²) in [6, 6.07) is 7.02. The maximum Gasteiger partial charge on any atom is 0.396 e. The third-order valence-corrected chi connectivity index (χ3v) is 5.57. The number of halogens is 3. The summed E-state index contributed by atoms with van der Waals surface area (Å²) in [5, 5.41) is 6.35. The van der Waals surface area contributed by atoms with Gasteiger partial charge in [-0.1, -0.05) is 30.1 Å². The van der Waals surface area contributed by atoms with Gasteiger partial charge in [0.2, 0.25) is 5.91 Å². The number of carbonyl (C=O) groups is 1. The van der Waals surface area contributed by atoms with Crippen LogP contribution in [0.5, 0.6) is 0 Å². The number of carbonyl (C=O) groups excluding carboxylic acids is 1. The Morgan fingerprint density at radius 1 is 1.30 bits per heavy atom. The van der Waals surface area contributed by atoms with E-state index in [-0.39, 0.29) is 23.1 Å². The van der Waals surface area contributed by atoms with E-state index in [1.807, 2.05) is 6.07 Å². The van der Waals surface area contributed by atoms with Gasteiger partial charge in [0.1, 0.15) is 6.42 Å². The Morgan fingerprint density at radius 3 is 2.81 bits per heavy atom. The molecule has 8 heteroatoms. The van der Waals surface area contributed by atoms with Crippen LogP contribution >= 0.6 is 0 Å². The van der Waals surface area contributed by atoms with Crippen LogP contribution in [0, 0.1) is 11.3 Å². The quantitative estimate of drug-likeness (QED) is 0.851. The maximum absolute atomic E-state index is 12.4. The van der Waals surface area contributed by atoms with Gasteiger partial charge >= 0.3 is 6.18 Å². The summed E-state index contributed by atoms with van der Waals surface area (Å²) in [6.07, 6.45) is 0.111. The molecule has 4 rings (SSSR count). The number of benzene rings is 1. The van der Waals surface area contributed by atoms with Crippen molar-refractivity contribution in [2.45, 2.75) is 51.2 Å². The predicted octanol–water partition coefficient (Wildman–Crippen LogP) is 4.04. The summed E-state index contributed by atoms with van der Waals surface area (Å²) in [4.78, 5) is 16.2. The highest BCUT2D eigenvalue weighted by molar-refractivity contribution is 5.82. The lowest BCUT2D eigenvalue weighted by Crippen LogP contribution is -2.26. The molecule has 1 aromatic heterocycles. The van der Waals surface area contributed by atoms with Crippen LogP contribution in [0.1, 0.15) is 43.5 Å². The molecule has 0 bridgehead atoms. The van der Waals surface area contributed by atoms with Gasteiger partial charge in [0.05, 0.1) is 0 Å². The van der Waals surface area contributed by atoms with E-state index in [0.29, 0.717) is 12.1 Å². The van der Waals surface area contributed by atoms with Crippen molar-refractivity contribution in [3.8, 4) is 11.5 Å². The average molecular weight is 379 g/mol. The van der Waals surface area contributed by atoms with Gasteiger partial charge in [-0.05, 0) is 42.4 Å². The number of nitrogens with zero attached hydrogens (tertiary/aromatic N) is 2. The van der Waals surface area contributed by atoms with Crippen molar-refractivity contribution in [3.05, 3.63) is 35.7 Å². The van der Waals surface area contributed by atoms with Gasteiger partial charge in [-0.2, -0.15) is 18.2 Å². The lowest BCUT2D eigenvalue weighted by atomic mass is 10.0. The van der Waals surface area contributed by atoms with Crippen molar-refractivity contribution in [2.24, 2.45) is 11.3 Å². The number of alkyl halides is 3. The summed E-state index contributed by atoms with van der Waals surface area (Å²) in [7, 11) is 0. The van der Waals surface area contributed by atoms with E-state index in [1.165, 1.54) is 12.8 Å². The maximum atomic E-state index is 12.4. The highest BCUT2D eigenvalue weighted by atomic mass is 19.4. The molecular formula is C19H20F3N3O2. The van der Waals surface area contributed by atoms with Crippen LogP contribution in [0.2, 0.25) is 0 Å². The Bertz CT molecular complexity index is 841. The van der Waals surface area contributed by atoms with E-state index in [1.54, 1.807) is 18.2 Å². The van der Waals surface area contributed by atoms with Crippen LogP contribution in [-0.4, -0.2) is 22.2 Å². The second-order valence-corrected chi connectivity index (χ2v) is 7.55. The number of amides is 1. The Morgan fingerprint density at radius 2 is 2.07 bits per heavy atom. The number of nitrogens with one attached hydrogen (secondary N) is 1. The summed E-state index contributed by atoms with van der Waals surface area (Å²) in [5.74, 6) is -0.141. The standard InChI is InChI=1S/C19H20F3N3O2/c20-19(21,22)10-15-24-17(27-25-15)13-5-3-4-12(8-13)11-23-16(26)14-9-18(14)6-1-2-7-18/h3-5,8,14H,1-2,6-7,9-11H2,(H,23,26). The molecule has 1 N–H and O–H groups in total. The summed E-state index contributed by atoms with van der Waals surface area (Å²) < 4.78 is 42.2. The lowest BCUT2D eigenvalue weighted by molar-refractivity contribution is -0.128. The Kier molecular flexibility index (Phi) is 4.44. The zero-order valence-electron chi connectivity index (χ0n) is 14.7. The molecule has 2 fully saturated rings. The summed E-state index contributed by atoms with van der Waals surface area (Å²) >= 11 is 0. The van der Waals surface area contributed by atoms with Crippen molar-refractivity contribution < 1.29 is 22.5 Å². The number of rotatable bonds is 5. The largest absolute Gasteiger partial charge is 0.396 e. The van der Waals surface area contributed by atoms with Gasteiger partial charge in [0.25, 0.3) is 5.89 Å². The molecule has 2 aliphatic rings. The Hall–Kier alpha value is -2.38. The van der Waals surface area contributed by atoms with Gasteiger partial charge in [-0.15, -0.1) is 0 Å². The fourth-order valence-corrected chi connectivity index (χ4v) is 4.10. The minimum atomic E-state index is -4.38. The van der Waals surface area contributed by atoms with Crippen molar-refractivity contribution in [2.75, 3.05) is 0 Å². The normalized spacial score (nSPS) is 20.8. The topological polar surface area (TPSA) is 68.0 Å². The molecule has 27 heavy (non-hydrogen) atoms. The fourth-order valence-electron chi connectivity index (χ4n) is 4.10.